The summed E-state index contributed by atoms with van der Waals surface area (Å²) < 4.78 is 13.9. The number of benzene rings is 1. The van der Waals surface area contributed by atoms with Gasteiger partial charge in [0.05, 0.1) is 12.1 Å². The molecule has 0 aliphatic heterocycles. The summed E-state index contributed by atoms with van der Waals surface area (Å²) in [4.78, 5) is 6.55. The van der Waals surface area contributed by atoms with E-state index < -0.39 is 5.60 Å². The van der Waals surface area contributed by atoms with Crippen molar-refractivity contribution < 1.29 is 9.50 Å². The number of hydrogen-bond acceptors (Lipinski definition) is 3. The molecule has 0 aromatic heterocycles. The Hall–Kier alpha value is -1.66. The molecule has 0 saturated heterocycles. The van der Waals surface area contributed by atoms with Crippen molar-refractivity contribution in [2.45, 2.75) is 65.1 Å². The number of aliphatic hydroxyl groups is 1. The molecule has 0 bridgehead atoms. The molecule has 1 aromatic rings. The number of aliphatic imine (C=N–C) groups is 1. The van der Waals surface area contributed by atoms with Gasteiger partial charge < -0.3 is 20.6 Å². The number of rotatable bonds is 11. The van der Waals surface area contributed by atoms with Gasteiger partial charge in [0.25, 0.3) is 0 Å². The molecule has 0 fully saturated rings. The Morgan fingerprint density at radius 1 is 1.15 bits per heavy atom. The Kier molecular flexibility index (Phi) is 10.3. The molecule has 1 rings (SSSR count). The molecule has 27 heavy (non-hydrogen) atoms. The summed E-state index contributed by atoms with van der Waals surface area (Å²) in [7, 11) is 3.84. The summed E-state index contributed by atoms with van der Waals surface area (Å²) in [5.41, 5.74) is 0.919. The van der Waals surface area contributed by atoms with E-state index in [0.717, 1.165) is 37.8 Å². The number of hydrogen-bond donors (Lipinski definition) is 3. The van der Waals surface area contributed by atoms with Gasteiger partial charge in [-0.2, -0.15) is 0 Å². The first-order valence-corrected chi connectivity index (χ1v) is 10.00. The lowest BCUT2D eigenvalue weighted by molar-refractivity contribution is 0.0257. The highest BCUT2D eigenvalue weighted by atomic mass is 19.1. The number of halogens is 1. The summed E-state index contributed by atoms with van der Waals surface area (Å²) in [6.45, 7) is 8.39. The van der Waals surface area contributed by atoms with Crippen LogP contribution in [0.5, 0.6) is 0 Å². The number of guanidine groups is 1. The maximum atomic E-state index is 13.9. The summed E-state index contributed by atoms with van der Waals surface area (Å²) in [5.74, 6) is 0.479. The monoisotopic (exact) mass is 380 g/mol. The molecule has 1 aromatic carbocycles. The maximum absolute atomic E-state index is 13.9. The number of nitrogens with zero attached hydrogens (tertiary/aromatic N) is 2. The lowest BCUT2D eigenvalue weighted by Crippen LogP contribution is -2.47. The van der Waals surface area contributed by atoms with E-state index in [1.54, 1.807) is 6.07 Å². The molecule has 0 saturated carbocycles. The molecule has 0 unspecified atom stereocenters. The molecule has 3 N–H and O–H groups in total. The van der Waals surface area contributed by atoms with Gasteiger partial charge in [0, 0.05) is 25.2 Å². The van der Waals surface area contributed by atoms with Crippen LogP contribution in [0, 0.1) is 5.82 Å². The van der Waals surface area contributed by atoms with Gasteiger partial charge in [-0.3, -0.25) is 0 Å². The van der Waals surface area contributed by atoms with Crippen molar-refractivity contribution in [1.29, 1.82) is 0 Å². The van der Waals surface area contributed by atoms with Crippen LogP contribution in [0.1, 0.15) is 57.6 Å². The van der Waals surface area contributed by atoms with Crippen molar-refractivity contribution in [3.63, 3.8) is 0 Å². The first kappa shape index (κ1) is 23.4. The second kappa shape index (κ2) is 11.9. The summed E-state index contributed by atoms with van der Waals surface area (Å²) >= 11 is 0. The van der Waals surface area contributed by atoms with E-state index in [-0.39, 0.29) is 5.82 Å². The van der Waals surface area contributed by atoms with Crippen LogP contribution in [0.4, 0.5) is 4.39 Å². The second-order valence-electron chi connectivity index (χ2n) is 7.44. The minimum Gasteiger partial charge on any atom is -0.388 e. The van der Waals surface area contributed by atoms with Crippen molar-refractivity contribution >= 4 is 5.96 Å². The fraction of sp³-hybridized carbons (Fsp3) is 0.667. The molecule has 0 spiro atoms. The quantitative estimate of drug-likeness (QED) is 0.407. The largest absolute Gasteiger partial charge is 0.388 e. The normalized spacial score (nSPS) is 12.5. The Morgan fingerprint density at radius 2 is 1.81 bits per heavy atom. The lowest BCUT2D eigenvalue weighted by atomic mass is 9.93. The fourth-order valence-electron chi connectivity index (χ4n) is 3.18. The van der Waals surface area contributed by atoms with Crippen molar-refractivity contribution in [3.8, 4) is 0 Å². The topological polar surface area (TPSA) is 59.9 Å². The molecule has 0 radical (unpaired) electrons. The minimum atomic E-state index is -0.714. The highest BCUT2D eigenvalue weighted by Gasteiger charge is 2.24. The Bertz CT molecular complexity index is 584. The third-order valence-corrected chi connectivity index (χ3v) is 4.38. The molecule has 5 nitrogen and oxygen atoms in total. The molecule has 154 valence electrons. The van der Waals surface area contributed by atoms with Crippen LogP contribution in [0.3, 0.4) is 0 Å². The highest BCUT2D eigenvalue weighted by molar-refractivity contribution is 5.79. The fourth-order valence-corrected chi connectivity index (χ4v) is 3.18. The van der Waals surface area contributed by atoms with Crippen LogP contribution < -0.4 is 10.6 Å². The van der Waals surface area contributed by atoms with E-state index in [2.05, 4.69) is 29.5 Å². The van der Waals surface area contributed by atoms with Crippen molar-refractivity contribution in [2.24, 2.45) is 4.99 Å². The zero-order chi connectivity index (χ0) is 20.3. The Morgan fingerprint density at radius 3 is 2.37 bits per heavy atom. The molecule has 0 aliphatic carbocycles. The summed E-state index contributed by atoms with van der Waals surface area (Å²) in [5, 5.41) is 17.3. The first-order valence-electron chi connectivity index (χ1n) is 10.00. The average Bonchev–Trinajstić information content (AvgIpc) is 2.60. The van der Waals surface area contributed by atoms with Crippen LogP contribution in [-0.4, -0.2) is 48.8 Å². The van der Waals surface area contributed by atoms with E-state index >= 15 is 0 Å². The predicted molar refractivity (Wildman–Crippen MR) is 111 cm³/mol. The van der Waals surface area contributed by atoms with E-state index in [1.165, 1.54) is 6.07 Å². The molecule has 6 heteroatoms. The standard InChI is InChI=1S/C21H37FN4O/c1-6-11-21(27,12-7-2)16-25-20(23-8-3)24-14-17-9-10-19(22)18(13-17)15-26(4)5/h9-10,13,27H,6-8,11-12,14-16H2,1-5H3,(H2,23,24,25). The average molecular weight is 381 g/mol. The third-order valence-electron chi connectivity index (χ3n) is 4.38. The van der Waals surface area contributed by atoms with Crippen LogP contribution in [0.15, 0.2) is 23.2 Å². The zero-order valence-electron chi connectivity index (χ0n) is 17.6. The predicted octanol–water partition coefficient (Wildman–Crippen LogP) is 3.27. The minimum absolute atomic E-state index is 0.189. The van der Waals surface area contributed by atoms with E-state index in [4.69, 9.17) is 0 Å². The summed E-state index contributed by atoms with van der Waals surface area (Å²) in [6.07, 6.45) is 3.41. The Labute approximate surface area is 164 Å². The van der Waals surface area contributed by atoms with Crippen LogP contribution in [0.25, 0.3) is 0 Å². The van der Waals surface area contributed by atoms with Crippen molar-refractivity contribution in [2.75, 3.05) is 27.2 Å². The second-order valence-corrected chi connectivity index (χ2v) is 7.44. The van der Waals surface area contributed by atoms with Crippen LogP contribution >= 0.6 is 0 Å². The van der Waals surface area contributed by atoms with Crippen LogP contribution in [-0.2, 0) is 13.1 Å². The Balaban J connectivity index is 2.81. The van der Waals surface area contributed by atoms with E-state index in [0.29, 0.717) is 31.2 Å². The zero-order valence-corrected chi connectivity index (χ0v) is 17.6. The van der Waals surface area contributed by atoms with Gasteiger partial charge >= 0.3 is 0 Å². The molecule has 0 heterocycles. The van der Waals surface area contributed by atoms with Gasteiger partial charge in [-0.25, -0.2) is 9.38 Å². The molecule has 0 atom stereocenters. The lowest BCUT2D eigenvalue weighted by Gasteiger charge is -2.28. The highest BCUT2D eigenvalue weighted by Crippen LogP contribution is 2.18. The van der Waals surface area contributed by atoms with Gasteiger partial charge in [0.2, 0.25) is 0 Å². The van der Waals surface area contributed by atoms with Gasteiger partial charge in [-0.15, -0.1) is 0 Å². The molecule has 0 aliphatic rings. The van der Waals surface area contributed by atoms with E-state index in [9.17, 15) is 9.50 Å². The summed E-state index contributed by atoms with van der Waals surface area (Å²) in [6, 6.07) is 5.14. The smallest absolute Gasteiger partial charge is 0.191 e. The van der Waals surface area contributed by atoms with Crippen molar-refractivity contribution in [1.82, 2.24) is 15.5 Å². The van der Waals surface area contributed by atoms with Crippen molar-refractivity contribution in [3.05, 3.63) is 35.1 Å². The molecular formula is C21H37FN4O. The number of nitrogens with one attached hydrogen (secondary N) is 2. The SMILES string of the molecule is CCCC(O)(CCC)CNC(=NCc1ccc(F)c(CN(C)C)c1)NCC. The third kappa shape index (κ3) is 8.71. The van der Waals surface area contributed by atoms with Crippen LogP contribution in [0.2, 0.25) is 0 Å². The first-order chi connectivity index (χ1) is 12.8. The molecular weight excluding hydrogens is 343 g/mol. The maximum Gasteiger partial charge on any atom is 0.191 e. The van der Waals surface area contributed by atoms with E-state index in [1.807, 2.05) is 32.0 Å². The van der Waals surface area contributed by atoms with Gasteiger partial charge in [-0.05, 0) is 51.6 Å². The van der Waals surface area contributed by atoms with Gasteiger partial charge in [0.1, 0.15) is 5.82 Å². The molecule has 0 amide bonds. The van der Waals surface area contributed by atoms with Gasteiger partial charge in [0.15, 0.2) is 5.96 Å². The van der Waals surface area contributed by atoms with Gasteiger partial charge in [-0.1, -0.05) is 32.8 Å².